The molecule has 0 bridgehead atoms. The summed E-state index contributed by atoms with van der Waals surface area (Å²) in [6.07, 6.45) is 6.76. The highest BCUT2D eigenvalue weighted by Gasteiger charge is 2.49. The molecule has 0 radical (unpaired) electrons. The van der Waals surface area contributed by atoms with Gasteiger partial charge < -0.3 is 14.6 Å². The summed E-state index contributed by atoms with van der Waals surface area (Å²) in [4.78, 5) is 0. The molecule has 1 atom stereocenters. The largest absolute Gasteiger partial charge is 0.396 e. The Morgan fingerprint density at radius 1 is 1.27 bits per heavy atom. The standard InChI is InChI=1S/C12H22O3/c1-14-10-12(4-2-3-7-15-12)8-11(9-13)5-6-11/h13H,2-10H2,1H3. The quantitative estimate of drug-likeness (QED) is 0.757. The van der Waals surface area contributed by atoms with E-state index in [2.05, 4.69) is 0 Å². The zero-order valence-corrected chi connectivity index (χ0v) is 9.63. The van der Waals surface area contributed by atoms with Crippen LogP contribution in [0.2, 0.25) is 0 Å². The number of ether oxygens (including phenoxy) is 2. The fourth-order valence-corrected chi connectivity index (χ4v) is 2.73. The molecule has 0 aromatic rings. The number of methoxy groups -OCH3 is 1. The third-order valence-electron chi connectivity index (χ3n) is 3.83. The van der Waals surface area contributed by atoms with E-state index in [1.165, 1.54) is 6.42 Å². The molecule has 2 aliphatic rings. The minimum atomic E-state index is -0.105. The average Bonchev–Trinajstić information content (AvgIpc) is 3.00. The van der Waals surface area contributed by atoms with Crippen molar-refractivity contribution in [2.45, 2.75) is 44.1 Å². The molecule has 1 heterocycles. The fourth-order valence-electron chi connectivity index (χ4n) is 2.73. The van der Waals surface area contributed by atoms with Gasteiger partial charge in [0.25, 0.3) is 0 Å². The highest BCUT2D eigenvalue weighted by atomic mass is 16.5. The summed E-state index contributed by atoms with van der Waals surface area (Å²) < 4.78 is 11.2. The first-order chi connectivity index (χ1) is 7.24. The van der Waals surface area contributed by atoms with Gasteiger partial charge >= 0.3 is 0 Å². The van der Waals surface area contributed by atoms with Crippen molar-refractivity contribution in [2.75, 3.05) is 26.9 Å². The lowest BCUT2D eigenvalue weighted by Gasteiger charge is -2.39. The maximum Gasteiger partial charge on any atom is 0.0920 e. The van der Waals surface area contributed by atoms with E-state index in [-0.39, 0.29) is 11.0 Å². The Hall–Kier alpha value is -0.120. The molecular formula is C12H22O3. The van der Waals surface area contributed by atoms with Gasteiger partial charge in [0.2, 0.25) is 0 Å². The van der Waals surface area contributed by atoms with Crippen molar-refractivity contribution >= 4 is 0 Å². The van der Waals surface area contributed by atoms with Gasteiger partial charge in [0, 0.05) is 20.3 Å². The first kappa shape index (κ1) is 11.4. The molecule has 0 spiro atoms. The number of aliphatic hydroxyl groups is 1. The second-order valence-electron chi connectivity index (χ2n) is 5.26. The minimum Gasteiger partial charge on any atom is -0.396 e. The zero-order chi connectivity index (χ0) is 10.8. The van der Waals surface area contributed by atoms with Crippen LogP contribution in [-0.2, 0) is 9.47 Å². The third-order valence-corrected chi connectivity index (χ3v) is 3.83. The van der Waals surface area contributed by atoms with Crippen molar-refractivity contribution in [3.8, 4) is 0 Å². The second-order valence-corrected chi connectivity index (χ2v) is 5.26. The van der Waals surface area contributed by atoms with E-state index in [0.717, 1.165) is 38.7 Å². The fraction of sp³-hybridized carbons (Fsp3) is 1.00. The Bertz CT molecular complexity index is 199. The molecule has 0 aromatic heterocycles. The van der Waals surface area contributed by atoms with Crippen LogP contribution < -0.4 is 0 Å². The predicted octanol–water partition coefficient (Wildman–Crippen LogP) is 1.73. The number of hydrogen-bond acceptors (Lipinski definition) is 3. The van der Waals surface area contributed by atoms with Crippen LogP contribution in [0, 0.1) is 5.41 Å². The Balaban J connectivity index is 1.98. The van der Waals surface area contributed by atoms with Crippen LogP contribution in [0.5, 0.6) is 0 Å². The van der Waals surface area contributed by atoms with Crippen LogP contribution in [-0.4, -0.2) is 37.6 Å². The lowest BCUT2D eigenvalue weighted by atomic mass is 9.83. The van der Waals surface area contributed by atoms with Crippen molar-refractivity contribution in [1.82, 2.24) is 0 Å². The maximum absolute atomic E-state index is 9.37. The summed E-state index contributed by atoms with van der Waals surface area (Å²) in [5, 5.41) is 9.37. The van der Waals surface area contributed by atoms with E-state index in [1.807, 2.05) is 0 Å². The van der Waals surface area contributed by atoms with Crippen LogP contribution in [0.15, 0.2) is 0 Å². The Morgan fingerprint density at radius 2 is 2.07 bits per heavy atom. The van der Waals surface area contributed by atoms with Crippen LogP contribution in [0.1, 0.15) is 38.5 Å². The molecule has 0 aromatic carbocycles. The zero-order valence-electron chi connectivity index (χ0n) is 9.63. The van der Waals surface area contributed by atoms with E-state index in [0.29, 0.717) is 13.2 Å². The molecule has 1 aliphatic carbocycles. The first-order valence-corrected chi connectivity index (χ1v) is 5.98. The van der Waals surface area contributed by atoms with Gasteiger partial charge in [-0.15, -0.1) is 0 Å². The third kappa shape index (κ3) is 2.52. The van der Waals surface area contributed by atoms with Gasteiger partial charge in [-0.1, -0.05) is 0 Å². The van der Waals surface area contributed by atoms with Crippen LogP contribution in [0.3, 0.4) is 0 Å². The molecule has 88 valence electrons. The SMILES string of the molecule is COCC1(CC2(CO)CC2)CCCCO1. The van der Waals surface area contributed by atoms with E-state index >= 15 is 0 Å². The predicted molar refractivity (Wildman–Crippen MR) is 57.8 cm³/mol. The minimum absolute atomic E-state index is 0.105. The maximum atomic E-state index is 9.37. The van der Waals surface area contributed by atoms with Crippen molar-refractivity contribution < 1.29 is 14.6 Å². The van der Waals surface area contributed by atoms with Gasteiger partial charge in [0.1, 0.15) is 0 Å². The molecule has 1 saturated heterocycles. The van der Waals surface area contributed by atoms with E-state index < -0.39 is 0 Å². The number of hydrogen-bond donors (Lipinski definition) is 1. The Morgan fingerprint density at radius 3 is 2.53 bits per heavy atom. The van der Waals surface area contributed by atoms with E-state index in [9.17, 15) is 5.11 Å². The number of rotatable bonds is 5. The normalized spacial score (nSPS) is 34.0. The van der Waals surface area contributed by atoms with Crippen LogP contribution in [0.25, 0.3) is 0 Å². The smallest absolute Gasteiger partial charge is 0.0920 e. The Labute approximate surface area is 91.8 Å². The van der Waals surface area contributed by atoms with Crippen LogP contribution in [0.4, 0.5) is 0 Å². The monoisotopic (exact) mass is 214 g/mol. The second kappa shape index (κ2) is 4.40. The highest BCUT2D eigenvalue weighted by molar-refractivity contribution is 5.00. The topological polar surface area (TPSA) is 38.7 Å². The number of aliphatic hydroxyl groups excluding tert-OH is 1. The molecular weight excluding hydrogens is 192 g/mol. The molecule has 0 amide bonds. The Kier molecular flexibility index (Phi) is 3.33. The summed E-state index contributed by atoms with van der Waals surface area (Å²) in [5.74, 6) is 0. The average molecular weight is 214 g/mol. The molecule has 2 rings (SSSR count). The van der Waals surface area contributed by atoms with Crippen molar-refractivity contribution in [3.63, 3.8) is 0 Å². The molecule has 3 nitrogen and oxygen atoms in total. The van der Waals surface area contributed by atoms with Gasteiger partial charge in [0.05, 0.1) is 12.2 Å². The van der Waals surface area contributed by atoms with E-state index in [4.69, 9.17) is 9.47 Å². The molecule has 1 saturated carbocycles. The molecule has 1 N–H and O–H groups in total. The van der Waals surface area contributed by atoms with E-state index in [1.54, 1.807) is 7.11 Å². The van der Waals surface area contributed by atoms with Gasteiger partial charge in [0.15, 0.2) is 0 Å². The lowest BCUT2D eigenvalue weighted by molar-refractivity contribution is -0.132. The van der Waals surface area contributed by atoms with Crippen LogP contribution >= 0.6 is 0 Å². The van der Waals surface area contributed by atoms with Gasteiger partial charge in [-0.2, -0.15) is 0 Å². The molecule has 3 heteroatoms. The van der Waals surface area contributed by atoms with Crippen molar-refractivity contribution in [3.05, 3.63) is 0 Å². The van der Waals surface area contributed by atoms with Crippen molar-refractivity contribution in [1.29, 1.82) is 0 Å². The van der Waals surface area contributed by atoms with Gasteiger partial charge in [-0.05, 0) is 43.9 Å². The van der Waals surface area contributed by atoms with Gasteiger partial charge in [-0.3, -0.25) is 0 Å². The highest BCUT2D eigenvalue weighted by Crippen LogP contribution is 2.53. The summed E-state index contributed by atoms with van der Waals surface area (Å²) in [7, 11) is 1.73. The molecule has 1 unspecified atom stereocenters. The molecule has 15 heavy (non-hydrogen) atoms. The van der Waals surface area contributed by atoms with Gasteiger partial charge in [-0.25, -0.2) is 0 Å². The summed E-state index contributed by atoms with van der Waals surface area (Å²) in [6, 6.07) is 0. The summed E-state index contributed by atoms with van der Waals surface area (Å²) in [5.41, 5.74) is 0.0576. The molecule has 2 fully saturated rings. The van der Waals surface area contributed by atoms with Crippen molar-refractivity contribution in [2.24, 2.45) is 5.41 Å². The lowest BCUT2D eigenvalue weighted by Crippen LogP contribution is -2.43. The first-order valence-electron chi connectivity index (χ1n) is 5.98. The molecule has 1 aliphatic heterocycles. The summed E-state index contributed by atoms with van der Waals surface area (Å²) in [6.45, 7) is 1.83. The summed E-state index contributed by atoms with van der Waals surface area (Å²) >= 11 is 0.